The first-order valence-corrected chi connectivity index (χ1v) is 5.73. The molecule has 1 aromatic rings. The molecule has 3 N–H and O–H groups in total. The first-order chi connectivity index (χ1) is 8.83. The molecule has 0 amide bonds. The number of halogens is 4. The summed E-state index contributed by atoms with van der Waals surface area (Å²) in [6, 6.07) is 4.59. The Morgan fingerprint density at radius 3 is 2.63 bits per heavy atom. The molecule has 1 aromatic carbocycles. The van der Waals surface area contributed by atoms with Gasteiger partial charge in [-0.3, -0.25) is 4.74 Å². The molecule has 1 rings (SSSR count). The third kappa shape index (κ3) is 5.35. The monoisotopic (exact) mass is 342 g/mol. The van der Waals surface area contributed by atoms with Gasteiger partial charge in [0.1, 0.15) is 12.4 Å². The quantitative estimate of drug-likeness (QED) is 0.283. The molecule has 0 spiro atoms. The van der Waals surface area contributed by atoms with Crippen LogP contribution in [0.5, 0.6) is 5.75 Å². The first-order valence-electron chi connectivity index (χ1n) is 4.94. The molecule has 0 saturated carbocycles. The van der Waals surface area contributed by atoms with Gasteiger partial charge in [-0.25, -0.2) is 0 Å². The molecule has 0 aliphatic rings. The summed E-state index contributed by atoms with van der Waals surface area (Å²) in [6.07, 6.45) is -4.70. The van der Waals surface area contributed by atoms with E-state index < -0.39 is 13.0 Å². The molecule has 5 nitrogen and oxygen atoms in total. The predicted octanol–water partition coefficient (Wildman–Crippen LogP) is 2.46. The topological polar surface area (TPSA) is 77.1 Å². The van der Waals surface area contributed by atoms with Gasteiger partial charge in [0.25, 0.3) is 0 Å². The lowest BCUT2D eigenvalue weighted by Crippen LogP contribution is -2.19. The number of nitrogens with zero attached hydrogens (tertiary/aromatic N) is 1. The number of oxime groups is 1. The van der Waals surface area contributed by atoms with Crippen LogP contribution in [0.1, 0.15) is 5.56 Å². The zero-order chi connectivity index (χ0) is 14.5. The summed E-state index contributed by atoms with van der Waals surface area (Å²) >= 11 is 3.18. The predicted molar refractivity (Wildman–Crippen MR) is 64.2 cm³/mol. The van der Waals surface area contributed by atoms with E-state index in [0.29, 0.717) is 4.47 Å². The molecule has 0 aromatic heterocycles. The van der Waals surface area contributed by atoms with Gasteiger partial charge in [-0.15, -0.1) is 13.2 Å². The molecule has 0 bridgehead atoms. The summed E-state index contributed by atoms with van der Waals surface area (Å²) in [5, 5.41) is 11.4. The summed E-state index contributed by atoms with van der Waals surface area (Å²) in [6.45, 7) is -0.984. The molecule has 0 radical (unpaired) electrons. The van der Waals surface area contributed by atoms with Gasteiger partial charge in [0.05, 0.1) is 12.2 Å². The van der Waals surface area contributed by atoms with Crippen LogP contribution in [0.15, 0.2) is 27.8 Å². The van der Waals surface area contributed by atoms with Crippen LogP contribution in [0, 0.1) is 0 Å². The van der Waals surface area contributed by atoms with Gasteiger partial charge < -0.3 is 15.7 Å². The molecule has 9 heteroatoms. The van der Waals surface area contributed by atoms with Gasteiger partial charge >= 0.3 is 6.36 Å². The van der Waals surface area contributed by atoms with Crippen molar-refractivity contribution in [3.8, 4) is 5.75 Å². The zero-order valence-electron chi connectivity index (χ0n) is 9.45. The molecule has 19 heavy (non-hydrogen) atoms. The minimum Gasteiger partial charge on any atom is -0.490 e. The molecule has 0 heterocycles. The van der Waals surface area contributed by atoms with Crippen molar-refractivity contribution < 1.29 is 27.9 Å². The number of hydrogen-bond donors (Lipinski definition) is 2. The molecule has 0 unspecified atom stereocenters. The summed E-state index contributed by atoms with van der Waals surface area (Å²) in [5.74, 6) is -0.0303. The van der Waals surface area contributed by atoms with Crippen molar-refractivity contribution >= 4 is 21.8 Å². The lowest BCUT2D eigenvalue weighted by atomic mass is 10.2. The van der Waals surface area contributed by atoms with Crippen molar-refractivity contribution in [2.45, 2.75) is 6.36 Å². The second kappa shape index (κ2) is 6.62. The van der Waals surface area contributed by atoms with Gasteiger partial charge in [-0.2, -0.15) is 0 Å². The molecule has 106 valence electrons. The lowest BCUT2D eigenvalue weighted by Gasteiger charge is -2.12. The Hall–Kier alpha value is -1.48. The van der Waals surface area contributed by atoms with Gasteiger partial charge in [-0.05, 0) is 18.2 Å². The number of hydrogen-bond acceptors (Lipinski definition) is 4. The molecule has 0 atom stereocenters. The van der Waals surface area contributed by atoms with Crippen molar-refractivity contribution in [2.24, 2.45) is 10.9 Å². The van der Waals surface area contributed by atoms with E-state index in [1.54, 1.807) is 6.07 Å². The lowest BCUT2D eigenvalue weighted by molar-refractivity contribution is -0.325. The first kappa shape index (κ1) is 15.6. The van der Waals surface area contributed by atoms with Crippen LogP contribution in [-0.4, -0.2) is 30.6 Å². The fourth-order valence-electron chi connectivity index (χ4n) is 1.19. The third-order valence-corrected chi connectivity index (χ3v) is 2.43. The van der Waals surface area contributed by atoms with E-state index in [0.717, 1.165) is 0 Å². The van der Waals surface area contributed by atoms with Crippen molar-refractivity contribution in [3.05, 3.63) is 28.2 Å². The van der Waals surface area contributed by atoms with Crippen molar-refractivity contribution in [1.82, 2.24) is 0 Å². The molecular formula is C10H10BrF3N2O3. The Kier molecular flexibility index (Phi) is 5.43. The van der Waals surface area contributed by atoms with E-state index in [4.69, 9.17) is 15.7 Å². The molecule has 0 aliphatic heterocycles. The van der Waals surface area contributed by atoms with Gasteiger partial charge in [0.2, 0.25) is 0 Å². The van der Waals surface area contributed by atoms with Crippen molar-refractivity contribution in [2.75, 3.05) is 13.2 Å². The van der Waals surface area contributed by atoms with E-state index in [-0.39, 0.29) is 23.8 Å². The highest BCUT2D eigenvalue weighted by Crippen LogP contribution is 2.23. The zero-order valence-corrected chi connectivity index (χ0v) is 11.0. The van der Waals surface area contributed by atoms with E-state index in [9.17, 15) is 13.2 Å². The normalized spacial score (nSPS) is 12.5. The number of benzene rings is 1. The minimum absolute atomic E-state index is 0.185. The summed E-state index contributed by atoms with van der Waals surface area (Å²) in [4.78, 5) is 0. The maximum atomic E-state index is 11.7. The van der Waals surface area contributed by atoms with Crippen LogP contribution in [0.25, 0.3) is 0 Å². The van der Waals surface area contributed by atoms with Gasteiger partial charge in [0.15, 0.2) is 5.84 Å². The number of rotatable bonds is 5. The Balaban J connectivity index is 2.68. The largest absolute Gasteiger partial charge is 0.522 e. The average molecular weight is 343 g/mol. The molecule has 0 saturated heterocycles. The smallest absolute Gasteiger partial charge is 0.490 e. The van der Waals surface area contributed by atoms with E-state index >= 15 is 0 Å². The second-order valence-corrected chi connectivity index (χ2v) is 4.18. The summed E-state index contributed by atoms with van der Waals surface area (Å²) < 4.78 is 44.5. The Morgan fingerprint density at radius 1 is 1.37 bits per heavy atom. The van der Waals surface area contributed by atoms with E-state index in [1.807, 2.05) is 0 Å². The number of ether oxygens (including phenoxy) is 2. The molecule has 0 fully saturated rings. The molecular weight excluding hydrogens is 333 g/mol. The molecule has 0 aliphatic carbocycles. The fourth-order valence-corrected chi connectivity index (χ4v) is 1.55. The summed E-state index contributed by atoms with van der Waals surface area (Å²) in [7, 11) is 0. The Morgan fingerprint density at radius 2 is 2.05 bits per heavy atom. The van der Waals surface area contributed by atoms with Gasteiger partial charge in [-0.1, -0.05) is 21.1 Å². The highest BCUT2D eigenvalue weighted by atomic mass is 79.9. The van der Waals surface area contributed by atoms with Crippen LogP contribution in [0.2, 0.25) is 0 Å². The van der Waals surface area contributed by atoms with E-state index in [1.165, 1.54) is 12.1 Å². The highest BCUT2D eigenvalue weighted by molar-refractivity contribution is 9.10. The standard InChI is InChI=1S/C10H10BrF3N2O3/c11-6-1-2-8(7(5-6)9(15)16-17)18-3-4-19-10(12,13)14/h1-2,5,17H,3-4H2,(H2,15,16). The highest BCUT2D eigenvalue weighted by Gasteiger charge is 2.28. The number of nitrogens with two attached hydrogens (primary N) is 1. The minimum atomic E-state index is -4.70. The Labute approximate surface area is 114 Å². The third-order valence-electron chi connectivity index (χ3n) is 1.93. The summed E-state index contributed by atoms with van der Waals surface area (Å²) in [5.41, 5.74) is 5.68. The van der Waals surface area contributed by atoms with Gasteiger partial charge in [0, 0.05) is 4.47 Å². The van der Waals surface area contributed by atoms with Crippen LogP contribution in [-0.2, 0) is 4.74 Å². The Bertz CT molecular complexity index is 466. The van der Waals surface area contributed by atoms with Crippen LogP contribution in [0.4, 0.5) is 13.2 Å². The second-order valence-electron chi connectivity index (χ2n) is 3.27. The van der Waals surface area contributed by atoms with Crippen molar-refractivity contribution in [3.63, 3.8) is 0 Å². The average Bonchev–Trinajstić information content (AvgIpc) is 2.33. The maximum absolute atomic E-state index is 11.7. The number of alkyl halides is 3. The SMILES string of the molecule is N/C(=N/O)c1cc(Br)ccc1OCCOC(F)(F)F. The fraction of sp³-hybridized carbons (Fsp3) is 0.300. The van der Waals surface area contributed by atoms with Crippen molar-refractivity contribution in [1.29, 1.82) is 0 Å². The van der Waals surface area contributed by atoms with Crippen LogP contribution in [0.3, 0.4) is 0 Å². The van der Waals surface area contributed by atoms with Crippen LogP contribution >= 0.6 is 15.9 Å². The van der Waals surface area contributed by atoms with Crippen LogP contribution < -0.4 is 10.5 Å². The maximum Gasteiger partial charge on any atom is 0.522 e. The van der Waals surface area contributed by atoms with E-state index in [2.05, 4.69) is 25.8 Å². The number of amidine groups is 1.